The van der Waals surface area contributed by atoms with Gasteiger partial charge in [-0.2, -0.15) is 65.9 Å². The Labute approximate surface area is 287 Å². The van der Waals surface area contributed by atoms with E-state index in [1.165, 1.54) is 0 Å². The number of esters is 2. The summed E-state index contributed by atoms with van der Waals surface area (Å²) in [5, 5.41) is 0. The number of rotatable bonds is 20. The molecular formula is C25H39F15O7Si4. The molecule has 0 aliphatic rings. The largest absolute Gasteiger partial charge is 0.473 e. The molecule has 0 radical (unpaired) electrons. The Bertz CT molecular complexity index is 1190. The van der Waals surface area contributed by atoms with Crippen LogP contribution in [0.3, 0.4) is 0 Å². The van der Waals surface area contributed by atoms with Crippen molar-refractivity contribution in [2.75, 3.05) is 6.61 Å². The Morgan fingerprint density at radius 2 is 0.902 bits per heavy atom. The maximum atomic E-state index is 14.0. The third-order valence-electron chi connectivity index (χ3n) is 5.57. The Morgan fingerprint density at radius 3 is 1.27 bits per heavy atom. The zero-order valence-corrected chi connectivity index (χ0v) is 32.7. The molecule has 0 unspecified atom stereocenters. The first-order valence-corrected chi connectivity index (χ1v) is 26.7. The minimum absolute atomic E-state index is 0.00314. The summed E-state index contributed by atoms with van der Waals surface area (Å²) in [5.74, 6) is -43.2. The highest BCUT2D eigenvalue weighted by atomic mass is 28.5. The molecule has 0 rings (SSSR count). The Morgan fingerprint density at radius 1 is 0.529 bits per heavy atom. The van der Waals surface area contributed by atoms with Crippen molar-refractivity contribution in [1.82, 2.24) is 0 Å². The second-order valence-corrected chi connectivity index (χ2v) is 31.0. The van der Waals surface area contributed by atoms with Gasteiger partial charge >= 0.3 is 62.6 Å². The van der Waals surface area contributed by atoms with E-state index < -0.39 is 113 Å². The van der Waals surface area contributed by atoms with Crippen LogP contribution in [0.2, 0.25) is 65.0 Å². The van der Waals surface area contributed by atoms with Gasteiger partial charge < -0.3 is 21.8 Å². The first-order chi connectivity index (χ1) is 22.1. The monoisotopic (exact) mass is 848 g/mol. The van der Waals surface area contributed by atoms with Crippen molar-refractivity contribution < 1.29 is 97.3 Å². The third kappa shape index (κ3) is 13.9. The molecule has 302 valence electrons. The van der Waals surface area contributed by atoms with Crippen LogP contribution in [0.5, 0.6) is 0 Å². The molecule has 0 fully saturated rings. The minimum Gasteiger partial charge on any atom is -0.463 e. The summed E-state index contributed by atoms with van der Waals surface area (Å²) in [7, 11) is -10.3. The number of hydrogen-bond acceptors (Lipinski definition) is 7. The predicted octanol–water partition coefficient (Wildman–Crippen LogP) is 9.62. The summed E-state index contributed by atoms with van der Waals surface area (Å²) in [4.78, 5) is 23.6. The van der Waals surface area contributed by atoms with E-state index in [2.05, 4.69) is 4.74 Å². The number of halogens is 15. The van der Waals surface area contributed by atoms with Gasteiger partial charge in [-0.15, -0.1) is 0 Å². The van der Waals surface area contributed by atoms with Crippen LogP contribution in [0, 0.1) is 0 Å². The van der Waals surface area contributed by atoms with Crippen molar-refractivity contribution in [3.8, 4) is 0 Å². The van der Waals surface area contributed by atoms with Gasteiger partial charge in [0.05, 0.1) is 6.61 Å². The van der Waals surface area contributed by atoms with Crippen LogP contribution in [-0.4, -0.2) is 94.2 Å². The summed E-state index contributed by atoms with van der Waals surface area (Å²) in [6.45, 7) is 16.4. The lowest BCUT2D eigenvalue weighted by molar-refractivity contribution is -0.451. The molecule has 0 aliphatic heterocycles. The third-order valence-corrected chi connectivity index (χ3v) is 17.6. The molecule has 26 heteroatoms. The molecule has 0 aliphatic carbocycles. The van der Waals surface area contributed by atoms with Crippen LogP contribution in [-0.2, 0) is 31.4 Å². The second-order valence-electron chi connectivity index (χ2n) is 14.0. The van der Waals surface area contributed by atoms with Crippen LogP contribution < -0.4 is 0 Å². The van der Waals surface area contributed by atoms with Gasteiger partial charge in [0.1, 0.15) is 0 Å². The van der Waals surface area contributed by atoms with E-state index in [1.54, 1.807) is 0 Å². The second kappa shape index (κ2) is 16.0. The van der Waals surface area contributed by atoms with E-state index in [4.69, 9.17) is 17.1 Å². The topological polar surface area (TPSA) is 80.3 Å². The van der Waals surface area contributed by atoms with Gasteiger partial charge in [-0.05, 0) is 65.3 Å². The molecule has 0 saturated heterocycles. The van der Waals surface area contributed by atoms with Crippen LogP contribution in [0.25, 0.3) is 0 Å². The molecule has 0 spiro atoms. The molecule has 0 saturated carbocycles. The van der Waals surface area contributed by atoms with Crippen LogP contribution in [0.1, 0.15) is 19.3 Å². The molecule has 0 bridgehead atoms. The molecule has 0 aromatic heterocycles. The molecule has 51 heavy (non-hydrogen) atoms. The van der Waals surface area contributed by atoms with Gasteiger partial charge in [0.2, 0.25) is 0 Å². The normalized spacial score (nSPS) is 15.4. The number of carbonyl (C=O) groups is 2. The highest BCUT2D eigenvalue weighted by Gasteiger charge is 2.91. The fourth-order valence-electron chi connectivity index (χ4n) is 3.75. The highest BCUT2D eigenvalue weighted by molar-refractivity contribution is 6.90. The van der Waals surface area contributed by atoms with E-state index in [-0.39, 0.29) is 18.5 Å². The molecule has 0 amide bonds. The van der Waals surface area contributed by atoms with Crippen LogP contribution in [0.4, 0.5) is 65.9 Å². The average molecular weight is 849 g/mol. The van der Waals surface area contributed by atoms with Gasteiger partial charge in [-0.3, -0.25) is 0 Å². The van der Waals surface area contributed by atoms with Crippen molar-refractivity contribution in [1.29, 1.82) is 0 Å². The Balaban J connectivity index is 5.84. The standard InChI is InChI=1S/C25H39F15O7Si4/c1-48(2,3)45-51(46-49(4,5)6,47-50(7,8)9)16-10-15-43-17(41)11-12-18(42)44-25(39,40)24(37,38)23(35,36)22(33,34)21(31,32)19(26,27)13-14-20(28,29)30/h11-12H,10,13-16H2,1-9H3/b12-11+. The van der Waals surface area contributed by atoms with Gasteiger partial charge in [-0.25, -0.2) is 9.59 Å². The van der Waals surface area contributed by atoms with Crippen LogP contribution in [0.15, 0.2) is 12.2 Å². The highest BCUT2D eigenvalue weighted by Crippen LogP contribution is 2.61. The fraction of sp³-hybridized carbons (Fsp3) is 0.840. The predicted molar refractivity (Wildman–Crippen MR) is 160 cm³/mol. The first-order valence-electron chi connectivity index (χ1n) is 14.6. The van der Waals surface area contributed by atoms with E-state index in [9.17, 15) is 75.4 Å². The zero-order chi connectivity index (χ0) is 41.1. The van der Waals surface area contributed by atoms with Crippen molar-refractivity contribution in [3.63, 3.8) is 0 Å². The molecule has 0 N–H and O–H groups in total. The molecular weight excluding hydrogens is 810 g/mol. The van der Waals surface area contributed by atoms with Crippen LogP contribution >= 0.6 is 0 Å². The van der Waals surface area contributed by atoms with Gasteiger partial charge in [-0.1, -0.05) is 0 Å². The number of alkyl halides is 15. The SMILES string of the molecule is C[Si](C)(C)O[Si](CCCOC(=O)/C=C/C(=O)OC(F)(F)C(F)(F)C(F)(F)C(F)(F)C(F)(F)C(F)(F)CCC(F)(F)F)(O[Si](C)(C)C)O[Si](C)(C)C. The van der Waals surface area contributed by atoms with Crippen molar-refractivity contribution >= 4 is 45.7 Å². The number of ether oxygens (including phenoxy) is 2. The lowest BCUT2D eigenvalue weighted by atomic mass is 9.91. The smallest absolute Gasteiger partial charge is 0.463 e. The molecule has 0 aromatic carbocycles. The lowest BCUT2D eigenvalue weighted by Gasteiger charge is -2.42. The van der Waals surface area contributed by atoms with Crippen molar-refractivity contribution in [2.45, 2.75) is 126 Å². The molecule has 0 atom stereocenters. The van der Waals surface area contributed by atoms with Gasteiger partial charge in [0.15, 0.2) is 25.0 Å². The number of carbonyl (C=O) groups excluding carboxylic acids is 2. The average Bonchev–Trinajstić information content (AvgIpc) is 2.84. The van der Waals surface area contributed by atoms with Gasteiger partial charge in [0, 0.05) is 31.0 Å². The van der Waals surface area contributed by atoms with Crippen molar-refractivity contribution in [2.24, 2.45) is 0 Å². The molecule has 7 nitrogen and oxygen atoms in total. The summed E-state index contributed by atoms with van der Waals surface area (Å²) in [5.41, 5.74) is 0. The van der Waals surface area contributed by atoms with E-state index in [0.29, 0.717) is 0 Å². The zero-order valence-electron chi connectivity index (χ0n) is 28.7. The van der Waals surface area contributed by atoms with E-state index in [0.717, 1.165) is 0 Å². The summed E-state index contributed by atoms with van der Waals surface area (Å²) >= 11 is 0. The Hall–Kier alpha value is -1.62. The maximum Gasteiger partial charge on any atom is 0.473 e. The Kier molecular flexibility index (Phi) is 15.5. The number of hydrogen-bond donors (Lipinski definition) is 0. The van der Waals surface area contributed by atoms with E-state index in [1.807, 2.05) is 58.9 Å². The minimum atomic E-state index is -8.20. The summed E-state index contributed by atoms with van der Waals surface area (Å²) < 4.78 is 229. The van der Waals surface area contributed by atoms with Crippen molar-refractivity contribution in [3.05, 3.63) is 12.2 Å². The molecule has 0 aromatic rings. The maximum absolute atomic E-state index is 14.0. The first kappa shape index (κ1) is 49.4. The summed E-state index contributed by atoms with van der Waals surface area (Å²) in [6.07, 6.45) is -19.7. The lowest BCUT2D eigenvalue weighted by Crippen LogP contribution is -2.71. The summed E-state index contributed by atoms with van der Waals surface area (Å²) in [6, 6.07) is 0.109. The quantitative estimate of drug-likeness (QED) is 0.0397. The van der Waals surface area contributed by atoms with E-state index >= 15 is 0 Å². The van der Waals surface area contributed by atoms with Gasteiger partial charge in [0.25, 0.3) is 0 Å². The fourth-order valence-corrected chi connectivity index (χ4v) is 18.4. The molecule has 0 heterocycles.